The van der Waals surface area contributed by atoms with Gasteiger partial charge in [0.15, 0.2) is 0 Å². The molecule has 1 aromatic heterocycles. The van der Waals surface area contributed by atoms with Gasteiger partial charge in [-0.25, -0.2) is 8.78 Å². The van der Waals surface area contributed by atoms with Crippen LogP contribution < -0.4 is 11.1 Å². The van der Waals surface area contributed by atoms with Gasteiger partial charge < -0.3 is 15.6 Å². The SMILES string of the molecule is Nc1cc(C(=O)Nc2cc(Br)c(F)cc2F)n(C2CC2)c1. The summed E-state index contributed by atoms with van der Waals surface area (Å²) in [6.07, 6.45) is 3.68. The van der Waals surface area contributed by atoms with E-state index in [-0.39, 0.29) is 16.2 Å². The van der Waals surface area contributed by atoms with Crippen molar-refractivity contribution >= 4 is 33.2 Å². The van der Waals surface area contributed by atoms with Crippen LogP contribution in [0.5, 0.6) is 0 Å². The first-order valence-electron chi connectivity index (χ1n) is 6.39. The maximum atomic E-state index is 13.7. The fourth-order valence-corrected chi connectivity index (χ4v) is 2.49. The van der Waals surface area contributed by atoms with Crippen molar-refractivity contribution in [3.63, 3.8) is 0 Å². The second-order valence-electron chi connectivity index (χ2n) is 5.00. The Labute approximate surface area is 128 Å². The number of carbonyl (C=O) groups excluding carboxylic acids is 1. The molecule has 1 aromatic carbocycles. The Morgan fingerprint density at radius 3 is 2.67 bits per heavy atom. The first-order chi connectivity index (χ1) is 9.95. The van der Waals surface area contributed by atoms with Crippen molar-refractivity contribution in [1.29, 1.82) is 0 Å². The van der Waals surface area contributed by atoms with Crippen LogP contribution in [0.1, 0.15) is 29.4 Å². The van der Waals surface area contributed by atoms with Crippen LogP contribution in [0.15, 0.2) is 28.9 Å². The summed E-state index contributed by atoms with van der Waals surface area (Å²) in [4.78, 5) is 12.3. The summed E-state index contributed by atoms with van der Waals surface area (Å²) < 4.78 is 28.7. The van der Waals surface area contributed by atoms with E-state index in [0.29, 0.717) is 17.4 Å². The Morgan fingerprint density at radius 1 is 1.29 bits per heavy atom. The summed E-state index contributed by atoms with van der Waals surface area (Å²) in [5.74, 6) is -2.03. The summed E-state index contributed by atoms with van der Waals surface area (Å²) in [5.41, 5.74) is 6.48. The van der Waals surface area contributed by atoms with Crippen LogP contribution in [0.2, 0.25) is 0 Å². The number of hydrogen-bond donors (Lipinski definition) is 2. The van der Waals surface area contributed by atoms with Gasteiger partial charge in [0.05, 0.1) is 15.8 Å². The van der Waals surface area contributed by atoms with Gasteiger partial charge in [0.1, 0.15) is 17.3 Å². The second-order valence-corrected chi connectivity index (χ2v) is 5.85. The van der Waals surface area contributed by atoms with E-state index in [1.807, 2.05) is 0 Å². The molecule has 4 nitrogen and oxygen atoms in total. The quantitative estimate of drug-likeness (QED) is 0.824. The molecule has 1 fully saturated rings. The largest absolute Gasteiger partial charge is 0.397 e. The molecular formula is C14H12BrF2N3O. The number of nitrogens with zero attached hydrogens (tertiary/aromatic N) is 1. The van der Waals surface area contributed by atoms with Crippen LogP contribution in [0.4, 0.5) is 20.2 Å². The lowest BCUT2D eigenvalue weighted by Gasteiger charge is -2.10. The Hall–Kier alpha value is -1.89. The number of anilines is 2. The Morgan fingerprint density at radius 2 is 2.00 bits per heavy atom. The molecule has 1 aliphatic carbocycles. The van der Waals surface area contributed by atoms with Gasteiger partial charge in [0, 0.05) is 18.3 Å². The third-order valence-corrected chi connectivity index (χ3v) is 3.91. The third-order valence-electron chi connectivity index (χ3n) is 3.30. The zero-order chi connectivity index (χ0) is 15.1. The smallest absolute Gasteiger partial charge is 0.272 e. The number of rotatable bonds is 3. The highest BCUT2D eigenvalue weighted by Crippen LogP contribution is 2.37. The molecule has 3 N–H and O–H groups in total. The van der Waals surface area contributed by atoms with Gasteiger partial charge in [0.25, 0.3) is 5.91 Å². The number of hydrogen-bond acceptors (Lipinski definition) is 2. The molecule has 1 aliphatic rings. The van der Waals surface area contributed by atoms with E-state index in [1.165, 1.54) is 6.07 Å². The molecule has 2 aromatic rings. The van der Waals surface area contributed by atoms with Crippen molar-refractivity contribution in [2.75, 3.05) is 11.1 Å². The zero-order valence-corrected chi connectivity index (χ0v) is 12.5. The van der Waals surface area contributed by atoms with Crippen LogP contribution in [0.3, 0.4) is 0 Å². The van der Waals surface area contributed by atoms with E-state index in [9.17, 15) is 13.6 Å². The summed E-state index contributed by atoms with van der Waals surface area (Å²) >= 11 is 2.96. The van der Waals surface area contributed by atoms with E-state index < -0.39 is 17.5 Å². The van der Waals surface area contributed by atoms with Gasteiger partial charge in [-0.05, 0) is 40.9 Å². The molecule has 1 amide bonds. The molecule has 0 bridgehead atoms. The molecule has 3 rings (SSSR count). The van der Waals surface area contributed by atoms with E-state index >= 15 is 0 Å². The Bertz CT molecular complexity index is 725. The molecule has 110 valence electrons. The van der Waals surface area contributed by atoms with Crippen LogP contribution in [0.25, 0.3) is 0 Å². The standard InChI is InChI=1S/C14H12BrF2N3O/c15-9-4-12(11(17)5-10(9)16)19-14(21)13-3-7(18)6-20(13)8-1-2-8/h3-6,8H,1-2,18H2,(H,19,21). The zero-order valence-electron chi connectivity index (χ0n) is 10.9. The van der Waals surface area contributed by atoms with E-state index in [4.69, 9.17) is 5.73 Å². The van der Waals surface area contributed by atoms with Crippen LogP contribution in [-0.2, 0) is 0 Å². The van der Waals surface area contributed by atoms with Crippen molar-refractivity contribution in [2.24, 2.45) is 0 Å². The summed E-state index contributed by atoms with van der Waals surface area (Å²) in [7, 11) is 0. The monoisotopic (exact) mass is 355 g/mol. The first-order valence-corrected chi connectivity index (χ1v) is 7.18. The van der Waals surface area contributed by atoms with E-state index in [0.717, 1.165) is 12.8 Å². The lowest BCUT2D eigenvalue weighted by molar-refractivity contribution is 0.101. The third kappa shape index (κ3) is 2.78. The second kappa shape index (κ2) is 5.14. The number of aromatic nitrogens is 1. The minimum atomic E-state index is -0.832. The summed E-state index contributed by atoms with van der Waals surface area (Å²) in [5, 5.41) is 2.44. The molecule has 21 heavy (non-hydrogen) atoms. The molecule has 7 heteroatoms. The highest BCUT2D eigenvalue weighted by molar-refractivity contribution is 9.10. The molecule has 0 saturated heterocycles. The van der Waals surface area contributed by atoms with Crippen molar-refractivity contribution in [3.05, 3.63) is 46.2 Å². The topological polar surface area (TPSA) is 60.1 Å². The average Bonchev–Trinajstić information content (AvgIpc) is 3.18. The number of amides is 1. The number of nitrogens with one attached hydrogen (secondary N) is 1. The summed E-state index contributed by atoms with van der Waals surface area (Å²) in [6.45, 7) is 0. The lowest BCUT2D eigenvalue weighted by Crippen LogP contribution is -2.17. The van der Waals surface area contributed by atoms with Crippen LogP contribution in [-0.4, -0.2) is 10.5 Å². The molecule has 0 aliphatic heterocycles. The summed E-state index contributed by atoms with van der Waals surface area (Å²) in [6, 6.07) is 3.72. The first kappa shape index (κ1) is 14.1. The number of nitrogens with two attached hydrogens (primary N) is 1. The highest BCUT2D eigenvalue weighted by atomic mass is 79.9. The van der Waals surface area contributed by atoms with Crippen molar-refractivity contribution in [1.82, 2.24) is 4.57 Å². The minimum Gasteiger partial charge on any atom is -0.397 e. The molecular weight excluding hydrogens is 344 g/mol. The van der Waals surface area contributed by atoms with E-state index in [1.54, 1.807) is 16.8 Å². The maximum absolute atomic E-state index is 13.7. The van der Waals surface area contributed by atoms with Crippen molar-refractivity contribution in [2.45, 2.75) is 18.9 Å². The highest BCUT2D eigenvalue weighted by Gasteiger charge is 2.28. The molecule has 0 radical (unpaired) electrons. The van der Waals surface area contributed by atoms with Crippen LogP contribution >= 0.6 is 15.9 Å². The van der Waals surface area contributed by atoms with Gasteiger partial charge in [-0.2, -0.15) is 0 Å². The number of halogens is 3. The number of benzene rings is 1. The number of nitrogen functional groups attached to an aromatic ring is 1. The fourth-order valence-electron chi connectivity index (χ4n) is 2.14. The van der Waals surface area contributed by atoms with Gasteiger partial charge in [-0.15, -0.1) is 0 Å². The Balaban J connectivity index is 1.88. The van der Waals surface area contributed by atoms with Gasteiger partial charge >= 0.3 is 0 Å². The minimum absolute atomic E-state index is 0.0799. The van der Waals surface area contributed by atoms with Gasteiger partial charge in [0.2, 0.25) is 0 Å². The van der Waals surface area contributed by atoms with Gasteiger partial charge in [-0.1, -0.05) is 0 Å². The van der Waals surface area contributed by atoms with Gasteiger partial charge in [-0.3, -0.25) is 4.79 Å². The predicted molar refractivity (Wildman–Crippen MR) is 79.1 cm³/mol. The molecule has 0 unspecified atom stereocenters. The van der Waals surface area contributed by atoms with E-state index in [2.05, 4.69) is 21.2 Å². The molecule has 0 spiro atoms. The molecule has 1 heterocycles. The maximum Gasteiger partial charge on any atom is 0.272 e. The lowest BCUT2D eigenvalue weighted by atomic mass is 10.2. The fraction of sp³-hybridized carbons (Fsp3) is 0.214. The average molecular weight is 356 g/mol. The van der Waals surface area contributed by atoms with Crippen LogP contribution in [0, 0.1) is 11.6 Å². The Kier molecular flexibility index (Phi) is 3.44. The molecule has 0 atom stereocenters. The molecule has 1 saturated carbocycles. The number of carbonyl (C=O) groups is 1. The van der Waals surface area contributed by atoms with Crippen molar-refractivity contribution < 1.29 is 13.6 Å². The predicted octanol–water partition coefficient (Wildman–Crippen LogP) is 3.70. The van der Waals surface area contributed by atoms with Crippen molar-refractivity contribution in [3.8, 4) is 0 Å². The normalized spacial score (nSPS) is 14.2.